The third-order valence-corrected chi connectivity index (χ3v) is 4.30. The van der Waals surface area contributed by atoms with E-state index in [1.807, 2.05) is 44.2 Å². The van der Waals surface area contributed by atoms with Crippen molar-refractivity contribution in [2.24, 2.45) is 11.7 Å². The minimum Gasteiger partial charge on any atom is -0.480 e. The fourth-order valence-electron chi connectivity index (χ4n) is 2.84. The molecule has 0 aliphatic carbocycles. The number of aromatic nitrogens is 3. The van der Waals surface area contributed by atoms with Gasteiger partial charge in [-0.05, 0) is 30.2 Å². The van der Waals surface area contributed by atoms with Gasteiger partial charge in [-0.3, -0.25) is 9.78 Å². The van der Waals surface area contributed by atoms with Gasteiger partial charge >= 0.3 is 0 Å². The van der Waals surface area contributed by atoms with Gasteiger partial charge in [0.1, 0.15) is 12.1 Å². The monoisotopic (exact) mass is 391 g/mol. The van der Waals surface area contributed by atoms with E-state index in [-0.39, 0.29) is 29.1 Å². The zero-order valence-corrected chi connectivity index (χ0v) is 16.3. The van der Waals surface area contributed by atoms with Crippen molar-refractivity contribution in [2.45, 2.75) is 19.9 Å². The number of nitrogens with zero attached hydrogens (tertiary/aromatic N) is 4. The van der Waals surface area contributed by atoms with Crippen LogP contribution in [0, 0.1) is 17.2 Å². The van der Waals surface area contributed by atoms with E-state index >= 15 is 0 Å². The van der Waals surface area contributed by atoms with Gasteiger partial charge in [-0.15, -0.1) is 0 Å². The molecule has 0 fully saturated rings. The molecular formula is C20H21N7O2. The lowest BCUT2D eigenvalue weighted by Crippen LogP contribution is -2.40. The van der Waals surface area contributed by atoms with Crippen LogP contribution < -0.4 is 21.1 Å². The molecule has 1 amide bonds. The predicted octanol–water partition coefficient (Wildman–Crippen LogP) is 2.57. The van der Waals surface area contributed by atoms with E-state index in [4.69, 9.17) is 10.5 Å². The zero-order valence-electron chi connectivity index (χ0n) is 16.3. The number of nitriles is 1. The molecule has 0 radical (unpaired) electrons. The smallest absolute Gasteiger partial charge is 0.240 e. The summed E-state index contributed by atoms with van der Waals surface area (Å²) >= 11 is 0. The highest BCUT2D eigenvalue weighted by atomic mass is 16.5. The Hall–Kier alpha value is -3.93. The first-order valence-electron chi connectivity index (χ1n) is 8.96. The summed E-state index contributed by atoms with van der Waals surface area (Å²) in [5.41, 5.74) is 7.17. The number of benzene rings is 1. The molecule has 0 bridgehead atoms. The molecular weight excluding hydrogens is 370 g/mol. The normalized spacial score (nSPS) is 11.7. The van der Waals surface area contributed by atoms with E-state index in [1.165, 1.54) is 7.11 Å². The average Bonchev–Trinajstić information content (AvgIpc) is 2.71. The topological polar surface area (TPSA) is 139 Å². The van der Waals surface area contributed by atoms with E-state index in [9.17, 15) is 10.1 Å². The molecule has 3 rings (SSSR count). The lowest BCUT2D eigenvalue weighted by Gasteiger charge is -2.20. The summed E-state index contributed by atoms with van der Waals surface area (Å²) in [6, 6.07) is 10.8. The Morgan fingerprint density at radius 3 is 2.72 bits per heavy atom. The molecule has 1 aromatic carbocycles. The number of pyridine rings is 1. The van der Waals surface area contributed by atoms with Crippen molar-refractivity contribution in [1.82, 2.24) is 15.0 Å². The largest absolute Gasteiger partial charge is 0.480 e. The second kappa shape index (κ2) is 8.39. The van der Waals surface area contributed by atoms with E-state index < -0.39 is 11.9 Å². The Bertz CT molecular complexity index is 1090. The SMILES string of the molecule is COc1nc(N[C@@H](C(N)=O)C(C)C)nc(Nc2ccc3ncccc3c2)c1C#N. The number of carbonyl (C=O) groups is 1. The van der Waals surface area contributed by atoms with Crippen molar-refractivity contribution in [1.29, 1.82) is 5.26 Å². The zero-order chi connectivity index (χ0) is 21.0. The quantitative estimate of drug-likeness (QED) is 0.558. The fraction of sp³-hybridized carbons (Fsp3) is 0.250. The van der Waals surface area contributed by atoms with Crippen LogP contribution in [0.15, 0.2) is 36.5 Å². The van der Waals surface area contributed by atoms with Crippen LogP contribution in [0.4, 0.5) is 17.5 Å². The molecule has 9 heteroatoms. The summed E-state index contributed by atoms with van der Waals surface area (Å²) < 4.78 is 5.25. The van der Waals surface area contributed by atoms with Crippen LogP contribution in [0.25, 0.3) is 10.9 Å². The molecule has 3 aromatic rings. The number of rotatable bonds is 7. The van der Waals surface area contributed by atoms with Crippen molar-refractivity contribution in [2.75, 3.05) is 17.7 Å². The summed E-state index contributed by atoms with van der Waals surface area (Å²) in [4.78, 5) is 24.6. The van der Waals surface area contributed by atoms with Gasteiger partial charge in [0, 0.05) is 17.3 Å². The number of anilines is 3. The molecule has 0 saturated heterocycles. The Morgan fingerprint density at radius 1 is 1.28 bits per heavy atom. The van der Waals surface area contributed by atoms with Gasteiger partial charge in [-0.1, -0.05) is 19.9 Å². The molecule has 0 spiro atoms. The Kier molecular flexibility index (Phi) is 5.74. The van der Waals surface area contributed by atoms with Gasteiger partial charge in [0.25, 0.3) is 0 Å². The molecule has 9 nitrogen and oxygen atoms in total. The first-order chi connectivity index (χ1) is 13.9. The summed E-state index contributed by atoms with van der Waals surface area (Å²) in [6.07, 6.45) is 1.72. The maximum atomic E-state index is 11.7. The number of primary amides is 1. The summed E-state index contributed by atoms with van der Waals surface area (Å²) in [5.74, 6) is -0.145. The maximum absolute atomic E-state index is 11.7. The van der Waals surface area contributed by atoms with Crippen molar-refractivity contribution in [3.63, 3.8) is 0 Å². The van der Waals surface area contributed by atoms with E-state index in [2.05, 4.69) is 31.7 Å². The van der Waals surface area contributed by atoms with Crippen LogP contribution >= 0.6 is 0 Å². The van der Waals surface area contributed by atoms with Crippen LogP contribution in [0.1, 0.15) is 19.4 Å². The number of carbonyl (C=O) groups excluding carboxylic acids is 1. The number of nitrogens with two attached hydrogens (primary N) is 1. The number of fused-ring (bicyclic) bond motifs is 1. The van der Waals surface area contributed by atoms with E-state index in [1.54, 1.807) is 6.20 Å². The van der Waals surface area contributed by atoms with E-state index in [0.717, 1.165) is 10.9 Å². The maximum Gasteiger partial charge on any atom is 0.240 e. The predicted molar refractivity (Wildman–Crippen MR) is 110 cm³/mol. The second-order valence-electron chi connectivity index (χ2n) is 6.70. The van der Waals surface area contributed by atoms with Gasteiger partial charge < -0.3 is 21.1 Å². The first-order valence-corrected chi connectivity index (χ1v) is 8.96. The molecule has 4 N–H and O–H groups in total. The molecule has 0 aliphatic rings. The van der Waals surface area contributed by atoms with E-state index in [0.29, 0.717) is 5.69 Å². The highest BCUT2D eigenvalue weighted by Gasteiger charge is 2.23. The molecule has 1 atom stereocenters. The number of hydrogen-bond donors (Lipinski definition) is 3. The Morgan fingerprint density at radius 2 is 2.07 bits per heavy atom. The fourth-order valence-corrected chi connectivity index (χ4v) is 2.84. The van der Waals surface area contributed by atoms with Crippen LogP contribution in [-0.2, 0) is 4.79 Å². The number of hydrogen-bond acceptors (Lipinski definition) is 8. The van der Waals surface area contributed by atoms with Gasteiger partial charge in [-0.2, -0.15) is 15.2 Å². The molecule has 2 heterocycles. The first kappa shape index (κ1) is 19.8. The summed E-state index contributed by atoms with van der Waals surface area (Å²) in [6.45, 7) is 3.71. The van der Waals surface area contributed by atoms with Crippen molar-refractivity contribution >= 4 is 34.3 Å². The van der Waals surface area contributed by atoms with Crippen molar-refractivity contribution in [3.8, 4) is 11.9 Å². The van der Waals surface area contributed by atoms with Crippen molar-refractivity contribution in [3.05, 3.63) is 42.1 Å². The highest BCUT2D eigenvalue weighted by molar-refractivity contribution is 5.84. The number of nitrogens with one attached hydrogen (secondary N) is 2. The molecule has 148 valence electrons. The highest BCUT2D eigenvalue weighted by Crippen LogP contribution is 2.28. The minimum atomic E-state index is -0.674. The van der Waals surface area contributed by atoms with Crippen LogP contribution in [0.2, 0.25) is 0 Å². The van der Waals surface area contributed by atoms with Crippen LogP contribution in [-0.4, -0.2) is 34.0 Å². The molecule has 2 aromatic heterocycles. The van der Waals surface area contributed by atoms with Gasteiger partial charge in [0.05, 0.1) is 12.6 Å². The van der Waals surface area contributed by atoms with Gasteiger partial charge in [0.2, 0.25) is 17.7 Å². The molecule has 0 saturated carbocycles. The Balaban J connectivity index is 2.01. The number of ether oxygens (including phenoxy) is 1. The van der Waals surface area contributed by atoms with Gasteiger partial charge in [0.15, 0.2) is 11.4 Å². The molecule has 0 unspecified atom stereocenters. The standard InChI is InChI=1S/C20H21N7O2/c1-11(2)16(17(22)28)25-20-26-18(14(10-21)19(27-20)29-3)24-13-6-7-15-12(9-13)5-4-8-23-15/h4-9,11,16H,1-3H3,(H2,22,28)(H2,24,25,26,27)/t16-/m1/s1. The Labute approximate surface area is 167 Å². The third-order valence-electron chi connectivity index (χ3n) is 4.30. The van der Waals surface area contributed by atoms with Crippen LogP contribution in [0.3, 0.4) is 0 Å². The second-order valence-corrected chi connectivity index (χ2v) is 6.70. The van der Waals surface area contributed by atoms with Crippen LogP contribution in [0.5, 0.6) is 5.88 Å². The summed E-state index contributed by atoms with van der Waals surface area (Å²) in [7, 11) is 1.41. The van der Waals surface area contributed by atoms with Gasteiger partial charge in [-0.25, -0.2) is 0 Å². The molecule has 0 aliphatic heterocycles. The number of methoxy groups -OCH3 is 1. The lowest BCUT2D eigenvalue weighted by molar-refractivity contribution is -0.119. The third kappa shape index (κ3) is 4.32. The van der Waals surface area contributed by atoms with Crippen molar-refractivity contribution < 1.29 is 9.53 Å². The molecule has 29 heavy (non-hydrogen) atoms. The average molecular weight is 391 g/mol. The summed E-state index contributed by atoms with van der Waals surface area (Å²) in [5, 5.41) is 16.6. The number of amides is 1. The minimum absolute atomic E-state index is 0.0814. The lowest BCUT2D eigenvalue weighted by atomic mass is 10.0.